The smallest absolute Gasteiger partial charge is 0.277 e. The van der Waals surface area contributed by atoms with Gasteiger partial charge in [-0.25, -0.2) is 14.9 Å². The third-order valence-electron chi connectivity index (χ3n) is 4.85. The van der Waals surface area contributed by atoms with Gasteiger partial charge in [0.15, 0.2) is 5.82 Å². The third-order valence-corrected chi connectivity index (χ3v) is 5.66. The van der Waals surface area contributed by atoms with Gasteiger partial charge in [0.25, 0.3) is 5.91 Å². The van der Waals surface area contributed by atoms with Crippen LogP contribution >= 0.6 is 27.5 Å². The number of rotatable bonds is 6. The molecule has 0 aliphatic carbocycles. The van der Waals surface area contributed by atoms with Gasteiger partial charge in [-0.1, -0.05) is 27.5 Å². The van der Waals surface area contributed by atoms with E-state index in [1.54, 1.807) is 35.9 Å². The Labute approximate surface area is 185 Å². The minimum absolute atomic E-state index is 0.0383. The maximum Gasteiger partial charge on any atom is 0.277 e. The first-order valence-corrected chi connectivity index (χ1v) is 10.5. The number of hydroxylamine groups is 1. The van der Waals surface area contributed by atoms with E-state index >= 15 is 4.39 Å². The van der Waals surface area contributed by atoms with Crippen molar-refractivity contribution in [2.75, 3.05) is 18.5 Å². The van der Waals surface area contributed by atoms with E-state index < -0.39 is 11.7 Å². The number of halogens is 3. The van der Waals surface area contributed by atoms with Crippen LogP contribution in [0, 0.1) is 5.82 Å². The van der Waals surface area contributed by atoms with Crippen LogP contribution in [0.15, 0.2) is 35.1 Å². The summed E-state index contributed by atoms with van der Waals surface area (Å²) in [5, 5.41) is 3.30. The lowest BCUT2D eigenvalue weighted by Gasteiger charge is -2.16. The molecule has 1 atom stereocenters. The molecule has 158 valence electrons. The van der Waals surface area contributed by atoms with Crippen LogP contribution < -0.4 is 10.8 Å². The van der Waals surface area contributed by atoms with Gasteiger partial charge in [0.05, 0.1) is 39.9 Å². The van der Waals surface area contributed by atoms with Gasteiger partial charge in [-0.2, -0.15) is 0 Å². The first kappa shape index (κ1) is 21.0. The standard InChI is InChI=1S/C20H19BrClFN4O3/c1-27-10-24-19-16(27)8-13(20(28)26-30-9-12-3-2-6-29-12)18(17(19)23)25-15-5-4-11(21)7-14(15)22/h4-5,7-8,10,12,25H,2-3,6,9H2,1H3,(H,26,28). The molecule has 2 aromatic carbocycles. The summed E-state index contributed by atoms with van der Waals surface area (Å²) in [6, 6.07) is 6.68. The molecule has 10 heteroatoms. The minimum Gasteiger partial charge on any atom is -0.376 e. The molecule has 0 saturated carbocycles. The molecule has 1 unspecified atom stereocenters. The van der Waals surface area contributed by atoms with Gasteiger partial charge in [-0.05, 0) is 37.1 Å². The second-order valence-electron chi connectivity index (χ2n) is 6.96. The van der Waals surface area contributed by atoms with Gasteiger partial charge in [0, 0.05) is 18.1 Å². The van der Waals surface area contributed by atoms with Crippen molar-refractivity contribution in [2.24, 2.45) is 7.05 Å². The number of nitrogens with one attached hydrogen (secondary N) is 2. The van der Waals surface area contributed by atoms with Crippen LogP contribution in [-0.2, 0) is 16.6 Å². The number of aryl methyl sites for hydroxylation is 1. The Bertz CT molecular complexity index is 1100. The summed E-state index contributed by atoms with van der Waals surface area (Å²) in [4.78, 5) is 22.3. The van der Waals surface area contributed by atoms with Crippen molar-refractivity contribution in [1.82, 2.24) is 15.0 Å². The highest BCUT2D eigenvalue weighted by molar-refractivity contribution is 9.10. The highest BCUT2D eigenvalue weighted by Gasteiger charge is 2.23. The van der Waals surface area contributed by atoms with Crippen LogP contribution in [0.2, 0.25) is 5.02 Å². The van der Waals surface area contributed by atoms with Gasteiger partial charge >= 0.3 is 0 Å². The van der Waals surface area contributed by atoms with E-state index in [-0.39, 0.29) is 29.5 Å². The summed E-state index contributed by atoms with van der Waals surface area (Å²) in [7, 11) is 1.73. The monoisotopic (exact) mass is 496 g/mol. The van der Waals surface area contributed by atoms with Crippen molar-refractivity contribution in [3.8, 4) is 0 Å². The maximum absolute atomic E-state index is 15.3. The van der Waals surface area contributed by atoms with Gasteiger partial charge < -0.3 is 14.6 Å². The van der Waals surface area contributed by atoms with Crippen molar-refractivity contribution in [3.05, 3.63) is 51.5 Å². The van der Waals surface area contributed by atoms with Crippen molar-refractivity contribution in [3.63, 3.8) is 0 Å². The molecule has 0 radical (unpaired) electrons. The first-order chi connectivity index (χ1) is 14.4. The Kier molecular flexibility index (Phi) is 6.24. The number of hydrogen-bond donors (Lipinski definition) is 2. The Balaban J connectivity index is 1.66. The number of aromatic nitrogens is 2. The van der Waals surface area contributed by atoms with Crippen LogP contribution in [0.25, 0.3) is 11.0 Å². The Morgan fingerprint density at radius 2 is 2.30 bits per heavy atom. The lowest BCUT2D eigenvalue weighted by molar-refractivity contribution is -0.0220. The molecule has 1 aliphatic rings. The number of hydrogen-bond acceptors (Lipinski definition) is 5. The number of nitrogens with zero attached hydrogens (tertiary/aromatic N) is 2. The topological polar surface area (TPSA) is 77.4 Å². The number of carbonyl (C=O) groups is 1. The van der Waals surface area contributed by atoms with E-state index in [0.717, 1.165) is 17.3 Å². The predicted octanol–water partition coefficient (Wildman–Crippen LogP) is 4.71. The largest absolute Gasteiger partial charge is 0.376 e. The Morgan fingerprint density at radius 1 is 1.47 bits per heavy atom. The normalized spacial score (nSPS) is 16.2. The molecule has 4 rings (SSSR count). The zero-order valence-corrected chi connectivity index (χ0v) is 18.4. The molecule has 1 saturated heterocycles. The lowest BCUT2D eigenvalue weighted by Crippen LogP contribution is -2.29. The van der Waals surface area contributed by atoms with E-state index in [4.69, 9.17) is 21.2 Å². The average molecular weight is 498 g/mol. The van der Waals surface area contributed by atoms with E-state index in [0.29, 0.717) is 22.8 Å². The molecule has 30 heavy (non-hydrogen) atoms. The SMILES string of the molecule is Cn1cnc2c(F)c(Nc3ccc(Br)cc3Cl)c(C(=O)NOCC3CCCO3)cc21. The summed E-state index contributed by atoms with van der Waals surface area (Å²) < 4.78 is 23.2. The molecule has 1 fully saturated rings. The number of ether oxygens (including phenoxy) is 1. The molecule has 7 nitrogen and oxygen atoms in total. The predicted molar refractivity (Wildman–Crippen MR) is 115 cm³/mol. The fourth-order valence-electron chi connectivity index (χ4n) is 3.28. The number of amides is 1. The molecule has 0 spiro atoms. The zero-order chi connectivity index (χ0) is 21.3. The molecule has 1 aromatic heterocycles. The molecule has 1 amide bonds. The van der Waals surface area contributed by atoms with E-state index in [9.17, 15) is 4.79 Å². The molecular weight excluding hydrogens is 479 g/mol. The molecule has 3 aromatic rings. The number of anilines is 2. The summed E-state index contributed by atoms with van der Waals surface area (Å²) >= 11 is 9.60. The molecule has 2 heterocycles. The van der Waals surface area contributed by atoms with Crippen LogP contribution in [-0.4, -0.2) is 34.8 Å². The Hall–Kier alpha value is -2.20. The van der Waals surface area contributed by atoms with Crippen LogP contribution in [0.4, 0.5) is 15.8 Å². The van der Waals surface area contributed by atoms with E-state index in [1.807, 2.05) is 0 Å². The van der Waals surface area contributed by atoms with Crippen molar-refractivity contribution in [1.29, 1.82) is 0 Å². The highest BCUT2D eigenvalue weighted by atomic mass is 79.9. The summed E-state index contributed by atoms with van der Waals surface area (Å²) in [6.45, 7) is 0.913. The number of imidazole rings is 1. The maximum atomic E-state index is 15.3. The summed E-state index contributed by atoms with van der Waals surface area (Å²) in [5.74, 6) is -1.25. The van der Waals surface area contributed by atoms with Gasteiger partial charge in [-0.3, -0.25) is 9.63 Å². The number of fused-ring (bicyclic) bond motifs is 1. The summed E-state index contributed by atoms with van der Waals surface area (Å²) in [5.41, 5.74) is 3.48. The van der Waals surface area contributed by atoms with Crippen molar-refractivity contribution >= 4 is 55.8 Å². The van der Waals surface area contributed by atoms with Gasteiger partial charge in [-0.15, -0.1) is 0 Å². The fourth-order valence-corrected chi connectivity index (χ4v) is 4.00. The van der Waals surface area contributed by atoms with Gasteiger partial charge in [0.1, 0.15) is 12.1 Å². The third kappa shape index (κ3) is 4.29. The minimum atomic E-state index is -0.656. The quantitative estimate of drug-likeness (QED) is 0.482. The fraction of sp³-hybridized carbons (Fsp3) is 0.300. The first-order valence-electron chi connectivity index (χ1n) is 9.33. The second-order valence-corrected chi connectivity index (χ2v) is 8.29. The molecule has 1 aliphatic heterocycles. The van der Waals surface area contributed by atoms with E-state index in [2.05, 4.69) is 31.7 Å². The van der Waals surface area contributed by atoms with Crippen molar-refractivity contribution in [2.45, 2.75) is 18.9 Å². The molecule has 2 N–H and O–H groups in total. The van der Waals surface area contributed by atoms with Crippen LogP contribution in [0.5, 0.6) is 0 Å². The second kappa shape index (κ2) is 8.89. The van der Waals surface area contributed by atoms with E-state index in [1.165, 1.54) is 6.33 Å². The molecular formula is C20H19BrClFN4O3. The van der Waals surface area contributed by atoms with Crippen LogP contribution in [0.1, 0.15) is 23.2 Å². The van der Waals surface area contributed by atoms with Crippen LogP contribution in [0.3, 0.4) is 0 Å². The zero-order valence-electron chi connectivity index (χ0n) is 16.0. The number of carbonyl (C=O) groups excluding carboxylic acids is 1. The highest BCUT2D eigenvalue weighted by Crippen LogP contribution is 2.34. The lowest BCUT2D eigenvalue weighted by atomic mass is 10.1. The number of benzene rings is 2. The Morgan fingerprint density at radius 3 is 3.03 bits per heavy atom. The summed E-state index contributed by atoms with van der Waals surface area (Å²) in [6.07, 6.45) is 3.27. The average Bonchev–Trinajstić information content (AvgIpc) is 3.35. The van der Waals surface area contributed by atoms with Gasteiger partial charge in [0.2, 0.25) is 0 Å². The molecule has 0 bridgehead atoms. The van der Waals surface area contributed by atoms with Crippen molar-refractivity contribution < 1.29 is 18.8 Å².